The first-order chi connectivity index (χ1) is 12.5. The molecule has 0 aliphatic heterocycles. The van der Waals surface area contributed by atoms with Gasteiger partial charge < -0.3 is 18.9 Å². The third-order valence-electron chi connectivity index (χ3n) is 3.49. The van der Waals surface area contributed by atoms with Crippen molar-refractivity contribution < 1.29 is 23.2 Å². The molecule has 3 heterocycles. The highest BCUT2D eigenvalue weighted by Gasteiger charge is 2.22. The number of carbonyl (C=O) groups is 2. The van der Waals surface area contributed by atoms with E-state index in [0.29, 0.717) is 16.3 Å². The summed E-state index contributed by atoms with van der Waals surface area (Å²) in [7, 11) is 1.31. The average Bonchev–Trinajstić information content (AvgIpc) is 3.34. The van der Waals surface area contributed by atoms with Gasteiger partial charge in [0, 0.05) is 4.88 Å². The molecular formula is C16H15N3O5S2. The van der Waals surface area contributed by atoms with Crippen molar-refractivity contribution in [1.29, 1.82) is 0 Å². The van der Waals surface area contributed by atoms with Gasteiger partial charge in [0.05, 0.1) is 24.7 Å². The minimum absolute atomic E-state index is 0.0520. The zero-order chi connectivity index (χ0) is 18.7. The Morgan fingerprint density at radius 3 is 2.85 bits per heavy atom. The van der Waals surface area contributed by atoms with E-state index in [4.69, 9.17) is 13.6 Å². The van der Waals surface area contributed by atoms with E-state index in [0.717, 1.165) is 22.2 Å². The minimum atomic E-state index is -0.477. The van der Waals surface area contributed by atoms with Gasteiger partial charge in [-0.05, 0) is 31.5 Å². The molecule has 0 aliphatic rings. The molecule has 0 aromatic carbocycles. The smallest absolute Gasteiger partial charge is 0.341 e. The fourth-order valence-electron chi connectivity index (χ4n) is 2.12. The second-order valence-corrected chi connectivity index (χ2v) is 7.32. The molecule has 10 heteroatoms. The maximum Gasteiger partial charge on any atom is 0.341 e. The molecule has 1 N–H and O–H groups in total. The molecule has 26 heavy (non-hydrogen) atoms. The number of ether oxygens (including phenoxy) is 1. The number of nitrogens with zero attached hydrogens (tertiary/aromatic N) is 2. The van der Waals surface area contributed by atoms with Crippen LogP contribution in [0.5, 0.6) is 0 Å². The Labute approximate surface area is 156 Å². The van der Waals surface area contributed by atoms with Gasteiger partial charge in [0.15, 0.2) is 5.76 Å². The Morgan fingerprint density at radius 1 is 1.35 bits per heavy atom. The predicted molar refractivity (Wildman–Crippen MR) is 96.5 cm³/mol. The Hall–Kier alpha value is -2.59. The van der Waals surface area contributed by atoms with E-state index in [2.05, 4.69) is 15.5 Å². The molecule has 0 saturated heterocycles. The lowest BCUT2D eigenvalue weighted by Gasteiger charge is -2.05. The van der Waals surface area contributed by atoms with Crippen molar-refractivity contribution in [2.75, 3.05) is 18.2 Å². The lowest BCUT2D eigenvalue weighted by molar-refractivity contribution is -0.113. The predicted octanol–water partition coefficient (Wildman–Crippen LogP) is 3.53. The number of thioether (sulfide) groups is 1. The summed E-state index contributed by atoms with van der Waals surface area (Å²) < 4.78 is 15.4. The molecule has 8 nitrogen and oxygen atoms in total. The van der Waals surface area contributed by atoms with Crippen LogP contribution in [0.2, 0.25) is 0 Å². The monoisotopic (exact) mass is 393 g/mol. The van der Waals surface area contributed by atoms with E-state index in [1.54, 1.807) is 12.1 Å². The standard InChI is InChI=1S/C16H15N3O5S2/c1-8-9(2)26-14(12(8)15(21)22-3)17-11(20)7-25-16-19-18-13(24-16)10-5-4-6-23-10/h4-6H,7H2,1-3H3,(H,17,20). The maximum atomic E-state index is 12.2. The van der Waals surface area contributed by atoms with Crippen molar-refractivity contribution in [3.05, 3.63) is 34.4 Å². The molecule has 0 fully saturated rings. The molecule has 3 rings (SSSR count). The second kappa shape index (κ2) is 7.75. The van der Waals surface area contributed by atoms with Gasteiger partial charge in [-0.15, -0.1) is 21.5 Å². The van der Waals surface area contributed by atoms with Crippen molar-refractivity contribution in [1.82, 2.24) is 10.2 Å². The highest BCUT2D eigenvalue weighted by Crippen LogP contribution is 2.33. The lowest BCUT2D eigenvalue weighted by atomic mass is 10.1. The lowest BCUT2D eigenvalue weighted by Crippen LogP contribution is -2.16. The van der Waals surface area contributed by atoms with Gasteiger partial charge in [-0.1, -0.05) is 11.8 Å². The van der Waals surface area contributed by atoms with Crippen LogP contribution in [0.4, 0.5) is 5.00 Å². The normalized spacial score (nSPS) is 10.7. The first kappa shape index (κ1) is 18.2. The van der Waals surface area contributed by atoms with Gasteiger partial charge in [-0.3, -0.25) is 4.79 Å². The van der Waals surface area contributed by atoms with Crippen molar-refractivity contribution in [3.63, 3.8) is 0 Å². The van der Waals surface area contributed by atoms with E-state index < -0.39 is 5.97 Å². The molecular weight excluding hydrogens is 378 g/mol. The summed E-state index contributed by atoms with van der Waals surface area (Å²) in [5.74, 6) is -0.0125. The number of hydrogen-bond donors (Lipinski definition) is 1. The number of methoxy groups -OCH3 is 1. The molecule has 0 bridgehead atoms. The van der Waals surface area contributed by atoms with Crippen LogP contribution in [0.15, 0.2) is 32.5 Å². The van der Waals surface area contributed by atoms with Crippen LogP contribution in [0.25, 0.3) is 11.7 Å². The SMILES string of the molecule is COC(=O)c1c(NC(=O)CSc2nnc(-c3ccco3)o2)sc(C)c1C. The van der Waals surface area contributed by atoms with Crippen molar-refractivity contribution in [2.45, 2.75) is 19.1 Å². The topological polar surface area (TPSA) is 107 Å². The fourth-order valence-corrected chi connectivity index (χ4v) is 3.75. The molecule has 0 aliphatic carbocycles. The summed E-state index contributed by atoms with van der Waals surface area (Å²) in [6.45, 7) is 3.70. The van der Waals surface area contributed by atoms with Crippen LogP contribution < -0.4 is 5.32 Å². The van der Waals surface area contributed by atoms with Crippen LogP contribution in [0, 0.1) is 13.8 Å². The molecule has 0 saturated carbocycles. The van der Waals surface area contributed by atoms with Crippen LogP contribution in [0.1, 0.15) is 20.8 Å². The quantitative estimate of drug-likeness (QED) is 0.501. The molecule has 0 radical (unpaired) electrons. The van der Waals surface area contributed by atoms with Gasteiger partial charge in [0.1, 0.15) is 5.00 Å². The molecule has 0 spiro atoms. The Bertz CT molecular complexity index is 930. The number of furan rings is 1. The van der Waals surface area contributed by atoms with Crippen LogP contribution in [0.3, 0.4) is 0 Å². The largest absolute Gasteiger partial charge is 0.465 e. The summed E-state index contributed by atoms with van der Waals surface area (Å²) in [5.41, 5.74) is 1.18. The van der Waals surface area contributed by atoms with Crippen molar-refractivity contribution in [2.24, 2.45) is 0 Å². The number of esters is 1. The third-order valence-corrected chi connectivity index (χ3v) is 5.43. The Balaban J connectivity index is 1.63. The highest BCUT2D eigenvalue weighted by atomic mass is 32.2. The van der Waals surface area contributed by atoms with E-state index in [1.807, 2.05) is 13.8 Å². The molecule has 136 valence electrons. The first-order valence-electron chi connectivity index (χ1n) is 7.48. The van der Waals surface area contributed by atoms with Gasteiger partial charge in [0.2, 0.25) is 5.91 Å². The van der Waals surface area contributed by atoms with E-state index in [9.17, 15) is 9.59 Å². The number of aromatic nitrogens is 2. The van der Waals surface area contributed by atoms with Gasteiger partial charge in [-0.25, -0.2) is 4.79 Å². The number of carbonyl (C=O) groups excluding carboxylic acids is 2. The summed E-state index contributed by atoms with van der Waals surface area (Å²) in [6, 6.07) is 3.41. The molecule has 0 unspecified atom stereocenters. The van der Waals surface area contributed by atoms with Crippen LogP contribution in [-0.4, -0.2) is 34.9 Å². The summed E-state index contributed by atoms with van der Waals surface area (Å²) >= 11 is 2.42. The molecule has 1 amide bonds. The average molecular weight is 393 g/mol. The third kappa shape index (κ3) is 3.81. The summed E-state index contributed by atoms with van der Waals surface area (Å²) in [4.78, 5) is 25.1. The summed E-state index contributed by atoms with van der Waals surface area (Å²) in [6.07, 6.45) is 1.50. The van der Waals surface area contributed by atoms with Gasteiger partial charge >= 0.3 is 5.97 Å². The van der Waals surface area contributed by atoms with Crippen LogP contribution >= 0.6 is 23.1 Å². The van der Waals surface area contributed by atoms with Gasteiger partial charge in [0.25, 0.3) is 11.1 Å². The number of nitrogens with one attached hydrogen (secondary N) is 1. The zero-order valence-electron chi connectivity index (χ0n) is 14.2. The van der Waals surface area contributed by atoms with E-state index in [1.165, 1.54) is 24.7 Å². The number of thiophene rings is 1. The molecule has 0 atom stereocenters. The van der Waals surface area contributed by atoms with E-state index >= 15 is 0 Å². The van der Waals surface area contributed by atoms with Crippen molar-refractivity contribution in [3.8, 4) is 11.7 Å². The minimum Gasteiger partial charge on any atom is -0.465 e. The number of aryl methyl sites for hydroxylation is 1. The van der Waals surface area contributed by atoms with Crippen LogP contribution in [-0.2, 0) is 9.53 Å². The van der Waals surface area contributed by atoms with Crippen molar-refractivity contribution >= 4 is 40.0 Å². The van der Waals surface area contributed by atoms with E-state index in [-0.39, 0.29) is 22.8 Å². The Morgan fingerprint density at radius 2 is 2.15 bits per heavy atom. The number of amides is 1. The molecule has 3 aromatic heterocycles. The second-order valence-electron chi connectivity index (χ2n) is 5.17. The fraction of sp³-hybridized carbons (Fsp3) is 0.250. The molecule has 3 aromatic rings. The highest BCUT2D eigenvalue weighted by molar-refractivity contribution is 7.99. The maximum absolute atomic E-state index is 12.2. The number of anilines is 1. The number of hydrogen-bond acceptors (Lipinski definition) is 9. The van der Waals surface area contributed by atoms with Gasteiger partial charge in [-0.2, -0.15) is 0 Å². The number of rotatable bonds is 6. The Kier molecular flexibility index (Phi) is 5.43. The summed E-state index contributed by atoms with van der Waals surface area (Å²) in [5, 5.41) is 11.2. The zero-order valence-corrected chi connectivity index (χ0v) is 15.8. The first-order valence-corrected chi connectivity index (χ1v) is 9.28.